The van der Waals surface area contributed by atoms with Crippen molar-refractivity contribution in [3.8, 4) is 10.6 Å². The first kappa shape index (κ1) is 19.8. The van der Waals surface area contributed by atoms with Gasteiger partial charge in [-0.05, 0) is 44.9 Å². The van der Waals surface area contributed by atoms with Crippen molar-refractivity contribution in [2.75, 3.05) is 5.32 Å². The van der Waals surface area contributed by atoms with Crippen LogP contribution in [0.1, 0.15) is 33.4 Å². The van der Waals surface area contributed by atoms with E-state index in [0.717, 1.165) is 21.7 Å². The zero-order valence-corrected chi connectivity index (χ0v) is 17.1. The fourth-order valence-electron chi connectivity index (χ4n) is 2.66. The number of amides is 1. The lowest BCUT2D eigenvalue weighted by Crippen LogP contribution is -2.30. The van der Waals surface area contributed by atoms with Crippen molar-refractivity contribution in [1.29, 1.82) is 0 Å². The van der Waals surface area contributed by atoms with Crippen LogP contribution in [0.5, 0.6) is 0 Å². The van der Waals surface area contributed by atoms with Gasteiger partial charge in [0.2, 0.25) is 0 Å². The minimum atomic E-state index is -0.922. The molecular formula is C22H22N2O3S. The number of aryl methyl sites for hydroxylation is 3. The number of thiazole rings is 1. The Morgan fingerprint density at radius 2 is 1.79 bits per heavy atom. The van der Waals surface area contributed by atoms with Crippen molar-refractivity contribution < 1.29 is 14.3 Å². The van der Waals surface area contributed by atoms with Crippen LogP contribution in [-0.4, -0.2) is 23.0 Å². The maximum atomic E-state index is 12.6. The molecular weight excluding hydrogens is 372 g/mol. The minimum Gasteiger partial charge on any atom is -0.448 e. The molecule has 0 spiro atoms. The molecule has 0 aliphatic rings. The number of benzene rings is 2. The molecule has 1 aromatic heterocycles. The molecule has 1 atom stereocenters. The van der Waals surface area contributed by atoms with E-state index in [0.29, 0.717) is 16.3 Å². The number of anilines is 1. The van der Waals surface area contributed by atoms with E-state index in [4.69, 9.17) is 4.74 Å². The van der Waals surface area contributed by atoms with Crippen LogP contribution in [0.4, 0.5) is 5.69 Å². The normalized spacial score (nSPS) is 11.7. The smallest absolute Gasteiger partial charge is 0.351 e. The van der Waals surface area contributed by atoms with E-state index in [9.17, 15) is 9.59 Å². The van der Waals surface area contributed by atoms with E-state index in [1.165, 1.54) is 11.3 Å². The molecule has 0 saturated heterocycles. The van der Waals surface area contributed by atoms with Gasteiger partial charge < -0.3 is 10.1 Å². The lowest BCUT2D eigenvalue weighted by atomic mass is 10.1. The number of carbonyl (C=O) groups is 2. The number of ether oxygens (including phenoxy) is 1. The summed E-state index contributed by atoms with van der Waals surface area (Å²) in [5, 5.41) is 3.57. The van der Waals surface area contributed by atoms with Gasteiger partial charge in [0.1, 0.15) is 9.88 Å². The molecule has 3 aromatic rings. The summed E-state index contributed by atoms with van der Waals surface area (Å²) in [5.41, 5.74) is 4.24. The van der Waals surface area contributed by atoms with Gasteiger partial charge in [-0.25, -0.2) is 9.78 Å². The van der Waals surface area contributed by atoms with Crippen LogP contribution in [0.3, 0.4) is 0 Å². The quantitative estimate of drug-likeness (QED) is 0.624. The van der Waals surface area contributed by atoms with E-state index >= 15 is 0 Å². The second kappa shape index (κ2) is 8.35. The lowest BCUT2D eigenvalue weighted by Gasteiger charge is -2.14. The molecule has 1 unspecified atom stereocenters. The van der Waals surface area contributed by atoms with Crippen LogP contribution in [0.2, 0.25) is 0 Å². The first-order chi connectivity index (χ1) is 13.3. The van der Waals surface area contributed by atoms with Crippen LogP contribution < -0.4 is 5.32 Å². The summed E-state index contributed by atoms with van der Waals surface area (Å²) in [5.74, 6) is -0.909. The van der Waals surface area contributed by atoms with Crippen molar-refractivity contribution >= 4 is 28.9 Å². The Balaban J connectivity index is 1.69. The van der Waals surface area contributed by atoms with Crippen LogP contribution in [0.25, 0.3) is 10.6 Å². The van der Waals surface area contributed by atoms with Gasteiger partial charge in [-0.3, -0.25) is 4.79 Å². The molecule has 0 fully saturated rings. The Hall–Kier alpha value is -2.99. The minimum absolute atomic E-state index is 0.368. The highest BCUT2D eigenvalue weighted by atomic mass is 32.1. The molecule has 28 heavy (non-hydrogen) atoms. The fraction of sp³-hybridized carbons (Fsp3) is 0.227. The Morgan fingerprint density at radius 1 is 1.07 bits per heavy atom. The highest BCUT2D eigenvalue weighted by Gasteiger charge is 2.23. The van der Waals surface area contributed by atoms with Gasteiger partial charge in [0, 0.05) is 11.3 Å². The summed E-state index contributed by atoms with van der Waals surface area (Å²) in [6, 6.07) is 15.4. The maximum Gasteiger partial charge on any atom is 0.351 e. The molecule has 3 rings (SSSR count). The average molecular weight is 394 g/mol. The molecule has 1 N–H and O–H groups in total. The summed E-state index contributed by atoms with van der Waals surface area (Å²) in [6.07, 6.45) is -0.922. The van der Waals surface area contributed by atoms with Crippen molar-refractivity contribution in [2.45, 2.75) is 33.8 Å². The summed E-state index contributed by atoms with van der Waals surface area (Å²) < 4.78 is 5.39. The second-order valence-corrected chi connectivity index (χ2v) is 7.65. The number of nitrogens with one attached hydrogen (secondary N) is 1. The number of esters is 1. The SMILES string of the molecule is Cc1ccc(C)c(NC(=O)C(C)OC(=O)c2sc(-c3ccccc3)nc2C)c1. The fourth-order valence-corrected chi connectivity index (χ4v) is 3.62. The predicted octanol–water partition coefficient (Wildman–Crippen LogP) is 4.92. The number of rotatable bonds is 5. The van der Waals surface area contributed by atoms with E-state index < -0.39 is 12.1 Å². The molecule has 0 aliphatic carbocycles. The van der Waals surface area contributed by atoms with Gasteiger partial charge in [-0.15, -0.1) is 11.3 Å². The van der Waals surface area contributed by atoms with E-state index in [1.807, 2.05) is 62.4 Å². The second-order valence-electron chi connectivity index (χ2n) is 6.65. The Kier molecular flexibility index (Phi) is 5.90. The average Bonchev–Trinajstić information content (AvgIpc) is 3.07. The van der Waals surface area contributed by atoms with Crippen LogP contribution in [0.15, 0.2) is 48.5 Å². The topological polar surface area (TPSA) is 68.3 Å². The third-order valence-corrected chi connectivity index (χ3v) is 5.49. The first-order valence-corrected chi connectivity index (χ1v) is 9.78. The largest absolute Gasteiger partial charge is 0.448 e. The van der Waals surface area contributed by atoms with E-state index in [1.54, 1.807) is 13.8 Å². The summed E-state index contributed by atoms with van der Waals surface area (Å²) in [4.78, 5) is 29.9. The highest BCUT2D eigenvalue weighted by molar-refractivity contribution is 7.17. The van der Waals surface area contributed by atoms with Crippen molar-refractivity contribution in [3.05, 3.63) is 70.2 Å². The molecule has 5 nitrogen and oxygen atoms in total. The molecule has 0 aliphatic heterocycles. The third-order valence-electron chi connectivity index (χ3n) is 4.31. The lowest BCUT2D eigenvalue weighted by molar-refractivity contribution is -0.123. The van der Waals surface area contributed by atoms with E-state index in [2.05, 4.69) is 10.3 Å². The Morgan fingerprint density at radius 3 is 2.50 bits per heavy atom. The van der Waals surface area contributed by atoms with Crippen molar-refractivity contribution in [2.24, 2.45) is 0 Å². The molecule has 144 valence electrons. The highest BCUT2D eigenvalue weighted by Crippen LogP contribution is 2.28. The first-order valence-electron chi connectivity index (χ1n) is 8.97. The summed E-state index contributed by atoms with van der Waals surface area (Å²) in [7, 11) is 0. The zero-order valence-electron chi connectivity index (χ0n) is 16.3. The number of hydrogen-bond acceptors (Lipinski definition) is 5. The van der Waals surface area contributed by atoms with Gasteiger partial charge in [0.15, 0.2) is 6.10 Å². The summed E-state index contributed by atoms with van der Waals surface area (Å²) in [6.45, 7) is 7.19. The Labute approximate surface area is 168 Å². The van der Waals surface area contributed by atoms with Gasteiger partial charge in [-0.1, -0.05) is 42.5 Å². The molecule has 6 heteroatoms. The number of hydrogen-bond donors (Lipinski definition) is 1. The predicted molar refractivity (Wildman–Crippen MR) is 112 cm³/mol. The molecule has 0 radical (unpaired) electrons. The third kappa shape index (κ3) is 4.46. The van der Waals surface area contributed by atoms with Crippen molar-refractivity contribution in [1.82, 2.24) is 4.98 Å². The molecule has 2 aromatic carbocycles. The van der Waals surface area contributed by atoms with Gasteiger partial charge in [0.25, 0.3) is 5.91 Å². The standard InChI is InChI=1S/C22H22N2O3S/c1-13-10-11-14(2)18(12-13)24-20(25)16(4)27-22(26)19-15(3)23-21(28-19)17-8-6-5-7-9-17/h5-12,16H,1-4H3,(H,24,25). The maximum absolute atomic E-state index is 12.6. The van der Waals surface area contributed by atoms with E-state index in [-0.39, 0.29) is 5.91 Å². The number of carbonyl (C=O) groups excluding carboxylic acids is 2. The molecule has 1 amide bonds. The number of aromatic nitrogens is 1. The monoisotopic (exact) mass is 394 g/mol. The van der Waals surface area contributed by atoms with Gasteiger partial charge in [0.05, 0.1) is 5.69 Å². The van der Waals surface area contributed by atoms with Crippen molar-refractivity contribution in [3.63, 3.8) is 0 Å². The van der Waals surface area contributed by atoms with Crippen LogP contribution >= 0.6 is 11.3 Å². The van der Waals surface area contributed by atoms with Crippen LogP contribution in [0, 0.1) is 20.8 Å². The summed E-state index contributed by atoms with van der Waals surface area (Å²) >= 11 is 1.27. The van der Waals surface area contributed by atoms with Crippen LogP contribution in [-0.2, 0) is 9.53 Å². The molecule has 1 heterocycles. The van der Waals surface area contributed by atoms with Gasteiger partial charge >= 0.3 is 5.97 Å². The number of nitrogens with zero attached hydrogens (tertiary/aromatic N) is 1. The molecule has 0 saturated carbocycles. The molecule has 0 bridgehead atoms. The zero-order chi connectivity index (χ0) is 20.3. The van der Waals surface area contributed by atoms with Gasteiger partial charge in [-0.2, -0.15) is 0 Å². The Bertz CT molecular complexity index is 1010.